The summed E-state index contributed by atoms with van der Waals surface area (Å²) in [5.74, 6) is 0. The van der Waals surface area contributed by atoms with Gasteiger partial charge in [0.2, 0.25) is 0 Å². The lowest BCUT2D eigenvalue weighted by Gasteiger charge is -2.31. The molecule has 3 aromatic rings. The molecule has 0 aromatic heterocycles. The summed E-state index contributed by atoms with van der Waals surface area (Å²) in [6.45, 7) is 4.23. The minimum atomic E-state index is 1.15. The third-order valence-electron chi connectivity index (χ3n) is 5.95. The molecule has 0 unspecified atom stereocenters. The van der Waals surface area contributed by atoms with Gasteiger partial charge in [-0.15, -0.1) is 0 Å². The predicted molar refractivity (Wildman–Crippen MR) is 129 cm³/mol. The van der Waals surface area contributed by atoms with Crippen LogP contribution in [-0.4, -0.2) is 14.1 Å². The average molecular weight is 395 g/mol. The van der Waals surface area contributed by atoms with Crippen LogP contribution in [0.4, 0.5) is 22.7 Å². The first-order valence-corrected chi connectivity index (χ1v) is 10.2. The second-order valence-corrected chi connectivity index (χ2v) is 8.08. The lowest BCUT2D eigenvalue weighted by atomic mass is 10.0. The van der Waals surface area contributed by atoms with Crippen LogP contribution >= 0.6 is 0 Å². The van der Waals surface area contributed by atoms with Gasteiger partial charge in [0.15, 0.2) is 0 Å². The molecule has 2 heterocycles. The first-order chi connectivity index (χ1) is 14.5. The van der Waals surface area contributed by atoms with E-state index in [-0.39, 0.29) is 0 Å². The molecular weight excluding hydrogens is 368 g/mol. The maximum absolute atomic E-state index is 3.45. The molecule has 0 saturated heterocycles. The minimum Gasteiger partial charge on any atom is -0.358 e. The maximum Gasteiger partial charge on any atom is 0.0647 e. The van der Waals surface area contributed by atoms with Crippen molar-refractivity contribution in [2.45, 2.75) is 13.8 Å². The normalized spacial score (nSPS) is 14.8. The Morgan fingerprint density at radius 3 is 1.37 bits per heavy atom. The molecule has 30 heavy (non-hydrogen) atoms. The highest BCUT2D eigenvalue weighted by Gasteiger charge is 2.20. The van der Waals surface area contributed by atoms with Gasteiger partial charge in [0.05, 0.1) is 34.1 Å². The van der Waals surface area contributed by atoms with Crippen LogP contribution in [0.5, 0.6) is 0 Å². The molecule has 0 radical (unpaired) electrons. The van der Waals surface area contributed by atoms with E-state index in [1.54, 1.807) is 0 Å². The molecule has 3 aromatic carbocycles. The first-order valence-electron chi connectivity index (χ1n) is 10.2. The van der Waals surface area contributed by atoms with Crippen LogP contribution in [0.1, 0.15) is 22.3 Å². The Balaban J connectivity index is 1.42. The molecule has 0 spiro atoms. The van der Waals surface area contributed by atoms with Crippen molar-refractivity contribution in [3.05, 3.63) is 95.3 Å². The molecule has 0 aliphatic carbocycles. The van der Waals surface area contributed by atoms with E-state index in [0.29, 0.717) is 0 Å². The lowest BCUT2D eigenvalue weighted by molar-refractivity contribution is 1.18. The van der Waals surface area contributed by atoms with Crippen LogP contribution in [0.3, 0.4) is 0 Å². The van der Waals surface area contributed by atoms with Gasteiger partial charge in [-0.25, -0.2) is 0 Å². The Morgan fingerprint density at radius 2 is 0.967 bits per heavy atom. The zero-order chi connectivity index (χ0) is 20.8. The Hall–Kier alpha value is -3.66. The fraction of sp³-hybridized carbons (Fsp3) is 0.154. The van der Waals surface area contributed by atoms with Gasteiger partial charge in [0, 0.05) is 26.5 Å². The maximum atomic E-state index is 3.45. The standard InChI is InChI=1S/C26H26N4/c1-17-5-11-23-21(13-17)27-15-25(29(23)3)19-7-9-20(10-8-19)26-16-28-22-14-18(2)6-12-24(22)30(26)4/h5-16,27-28H,1-4H3. The molecule has 0 atom stereocenters. The number of nitrogens with zero attached hydrogens (tertiary/aromatic N) is 2. The number of nitrogens with one attached hydrogen (secondary N) is 2. The van der Waals surface area contributed by atoms with Crippen LogP contribution < -0.4 is 20.4 Å². The van der Waals surface area contributed by atoms with Crippen molar-refractivity contribution in [3.63, 3.8) is 0 Å². The Bertz CT molecular complexity index is 1090. The molecule has 0 bridgehead atoms. The van der Waals surface area contributed by atoms with Gasteiger partial charge in [0.25, 0.3) is 0 Å². The number of hydrogen-bond acceptors (Lipinski definition) is 4. The number of benzene rings is 3. The molecule has 0 fully saturated rings. The van der Waals surface area contributed by atoms with E-state index in [1.807, 2.05) is 0 Å². The van der Waals surface area contributed by atoms with E-state index in [1.165, 1.54) is 33.6 Å². The fourth-order valence-electron chi connectivity index (χ4n) is 4.23. The van der Waals surface area contributed by atoms with Crippen molar-refractivity contribution in [1.82, 2.24) is 0 Å². The fourth-order valence-corrected chi connectivity index (χ4v) is 4.23. The molecule has 150 valence electrons. The third-order valence-corrected chi connectivity index (χ3v) is 5.95. The van der Waals surface area contributed by atoms with E-state index >= 15 is 0 Å². The van der Waals surface area contributed by atoms with E-state index < -0.39 is 0 Å². The van der Waals surface area contributed by atoms with Crippen molar-refractivity contribution < 1.29 is 0 Å². The van der Waals surface area contributed by atoms with Crippen LogP contribution in [0.15, 0.2) is 73.1 Å². The highest BCUT2D eigenvalue weighted by Crippen LogP contribution is 2.38. The number of aryl methyl sites for hydroxylation is 2. The molecule has 4 nitrogen and oxygen atoms in total. The van der Waals surface area contributed by atoms with Gasteiger partial charge >= 0.3 is 0 Å². The second kappa shape index (κ2) is 6.99. The lowest BCUT2D eigenvalue weighted by Crippen LogP contribution is -2.22. The molecule has 0 amide bonds. The van der Waals surface area contributed by atoms with Crippen molar-refractivity contribution >= 4 is 34.1 Å². The van der Waals surface area contributed by atoms with Crippen molar-refractivity contribution in [2.24, 2.45) is 0 Å². The quantitative estimate of drug-likeness (QED) is 0.556. The van der Waals surface area contributed by atoms with Gasteiger partial charge in [-0.05, 0) is 60.4 Å². The highest BCUT2D eigenvalue weighted by molar-refractivity contribution is 5.92. The Labute approximate surface area is 178 Å². The summed E-state index contributed by atoms with van der Waals surface area (Å²) in [6, 6.07) is 21.8. The molecule has 2 aliphatic rings. The summed E-state index contributed by atoms with van der Waals surface area (Å²) >= 11 is 0. The molecular formula is C26H26N4. The van der Waals surface area contributed by atoms with Gasteiger partial charge in [0.1, 0.15) is 0 Å². The summed E-state index contributed by atoms with van der Waals surface area (Å²) in [7, 11) is 4.24. The van der Waals surface area contributed by atoms with E-state index in [0.717, 1.165) is 22.8 Å². The van der Waals surface area contributed by atoms with Gasteiger partial charge in [-0.1, -0.05) is 36.4 Å². The monoisotopic (exact) mass is 394 g/mol. The molecule has 4 heteroatoms. The summed E-state index contributed by atoms with van der Waals surface area (Å²) in [5.41, 5.74) is 11.9. The van der Waals surface area contributed by atoms with Gasteiger partial charge in [-0.2, -0.15) is 0 Å². The summed E-state index contributed by atoms with van der Waals surface area (Å²) < 4.78 is 0. The summed E-state index contributed by atoms with van der Waals surface area (Å²) in [5, 5.41) is 6.90. The zero-order valence-electron chi connectivity index (χ0n) is 17.8. The van der Waals surface area contributed by atoms with Gasteiger partial charge < -0.3 is 20.4 Å². The number of fused-ring (bicyclic) bond motifs is 2. The van der Waals surface area contributed by atoms with Crippen molar-refractivity contribution in [1.29, 1.82) is 0 Å². The Kier molecular flexibility index (Phi) is 4.28. The van der Waals surface area contributed by atoms with E-state index in [4.69, 9.17) is 0 Å². The first kappa shape index (κ1) is 18.4. The van der Waals surface area contributed by atoms with Crippen molar-refractivity contribution in [2.75, 3.05) is 34.5 Å². The van der Waals surface area contributed by atoms with Crippen LogP contribution in [0.2, 0.25) is 0 Å². The Morgan fingerprint density at radius 1 is 0.567 bits per heavy atom. The number of hydrogen-bond donors (Lipinski definition) is 2. The van der Waals surface area contributed by atoms with Gasteiger partial charge in [-0.3, -0.25) is 0 Å². The zero-order valence-corrected chi connectivity index (χ0v) is 17.8. The molecule has 2 N–H and O–H groups in total. The molecule has 5 rings (SSSR count). The number of anilines is 4. The van der Waals surface area contributed by atoms with E-state index in [9.17, 15) is 0 Å². The largest absolute Gasteiger partial charge is 0.358 e. The molecule has 2 aliphatic heterocycles. The highest BCUT2D eigenvalue weighted by atomic mass is 15.2. The SMILES string of the molecule is Cc1ccc2c(c1)NC=C(c1ccc(C3=CNc4cc(C)ccc4N3C)cc1)N2C. The van der Waals surface area contributed by atoms with E-state index in [2.05, 4.69) is 121 Å². The smallest absolute Gasteiger partial charge is 0.0647 e. The third kappa shape index (κ3) is 3.01. The molecule has 0 saturated carbocycles. The van der Waals surface area contributed by atoms with Crippen LogP contribution in [-0.2, 0) is 0 Å². The average Bonchev–Trinajstić information content (AvgIpc) is 2.74. The predicted octanol–water partition coefficient (Wildman–Crippen LogP) is 6.02. The van der Waals surface area contributed by atoms with Crippen molar-refractivity contribution in [3.8, 4) is 0 Å². The topological polar surface area (TPSA) is 30.5 Å². The summed E-state index contributed by atoms with van der Waals surface area (Å²) in [6.07, 6.45) is 4.17. The van der Waals surface area contributed by atoms with Crippen LogP contribution in [0.25, 0.3) is 11.4 Å². The summed E-state index contributed by atoms with van der Waals surface area (Å²) in [4.78, 5) is 4.48. The minimum absolute atomic E-state index is 1.15. The second-order valence-electron chi connectivity index (χ2n) is 8.08. The number of rotatable bonds is 2. The van der Waals surface area contributed by atoms with Crippen LogP contribution in [0, 0.1) is 13.8 Å².